The van der Waals surface area contributed by atoms with Crippen LogP contribution in [0, 0.1) is 5.92 Å². The van der Waals surface area contributed by atoms with Crippen molar-refractivity contribution in [2.24, 2.45) is 5.92 Å². The van der Waals surface area contributed by atoms with Crippen LogP contribution >= 0.6 is 0 Å². The van der Waals surface area contributed by atoms with Crippen LogP contribution in [-0.4, -0.2) is 12.6 Å². The van der Waals surface area contributed by atoms with Gasteiger partial charge in [-0.05, 0) is 44.4 Å². The van der Waals surface area contributed by atoms with Crippen LogP contribution in [0.3, 0.4) is 0 Å². The molecule has 0 amide bonds. The predicted molar refractivity (Wildman–Crippen MR) is 281 cm³/mol. The number of carbonyl (C=O) groups is 1. The number of hydrogen-bond donors (Lipinski definition) is 0. The largest absolute Gasteiger partial charge is 0.466 e. The average molecular weight is 872 g/mol. The molecule has 62 heavy (non-hydrogen) atoms. The third-order valence-electron chi connectivity index (χ3n) is 13.8. The van der Waals surface area contributed by atoms with E-state index in [1.54, 1.807) is 0 Å². The van der Waals surface area contributed by atoms with Gasteiger partial charge in [-0.3, -0.25) is 4.79 Å². The molecule has 0 aromatic carbocycles. The molecular formula is C60H118O2. The summed E-state index contributed by atoms with van der Waals surface area (Å²) >= 11 is 0. The molecule has 0 atom stereocenters. The minimum absolute atomic E-state index is 0.0297. The van der Waals surface area contributed by atoms with E-state index >= 15 is 0 Å². The summed E-state index contributed by atoms with van der Waals surface area (Å²) in [7, 11) is 0. The Bertz CT molecular complexity index is 831. The van der Waals surface area contributed by atoms with Crippen LogP contribution in [0.2, 0.25) is 0 Å². The van der Waals surface area contributed by atoms with Gasteiger partial charge in [0.25, 0.3) is 0 Å². The van der Waals surface area contributed by atoms with Crippen LogP contribution in [-0.2, 0) is 9.53 Å². The van der Waals surface area contributed by atoms with Gasteiger partial charge in [0, 0.05) is 6.42 Å². The van der Waals surface area contributed by atoms with Crippen molar-refractivity contribution in [3.8, 4) is 0 Å². The zero-order valence-electron chi connectivity index (χ0n) is 43.5. The summed E-state index contributed by atoms with van der Waals surface area (Å²) in [4.78, 5) is 12.1. The van der Waals surface area contributed by atoms with Crippen molar-refractivity contribution >= 4 is 5.97 Å². The monoisotopic (exact) mass is 871 g/mol. The van der Waals surface area contributed by atoms with E-state index in [4.69, 9.17) is 4.74 Å². The van der Waals surface area contributed by atoms with Gasteiger partial charge in [0.2, 0.25) is 0 Å². The van der Waals surface area contributed by atoms with Crippen LogP contribution in [0.4, 0.5) is 0 Å². The van der Waals surface area contributed by atoms with E-state index in [1.807, 2.05) is 0 Å². The van der Waals surface area contributed by atoms with Crippen LogP contribution in [0.15, 0.2) is 12.2 Å². The topological polar surface area (TPSA) is 26.3 Å². The molecule has 0 aromatic heterocycles. The third kappa shape index (κ3) is 57.2. The van der Waals surface area contributed by atoms with Gasteiger partial charge in [0.15, 0.2) is 0 Å². The van der Waals surface area contributed by atoms with E-state index in [1.165, 1.54) is 315 Å². The van der Waals surface area contributed by atoms with E-state index < -0.39 is 0 Å². The Morgan fingerprint density at radius 1 is 0.323 bits per heavy atom. The first kappa shape index (κ1) is 61.2. The molecule has 0 N–H and O–H groups in total. The fourth-order valence-electron chi connectivity index (χ4n) is 9.44. The summed E-state index contributed by atoms with van der Waals surface area (Å²) in [6.45, 7) is 7.62. The van der Waals surface area contributed by atoms with Crippen LogP contribution in [0.5, 0.6) is 0 Å². The first-order valence-corrected chi connectivity index (χ1v) is 29.5. The van der Waals surface area contributed by atoms with Crippen molar-refractivity contribution in [1.29, 1.82) is 0 Å². The van der Waals surface area contributed by atoms with E-state index in [0.29, 0.717) is 13.0 Å². The highest BCUT2D eigenvalue weighted by Gasteiger charge is 2.03. The van der Waals surface area contributed by atoms with E-state index in [2.05, 4.69) is 32.9 Å². The Morgan fingerprint density at radius 2 is 0.565 bits per heavy atom. The number of allylic oxidation sites excluding steroid dienone is 2. The van der Waals surface area contributed by atoms with Gasteiger partial charge in [0.05, 0.1) is 6.61 Å². The minimum Gasteiger partial charge on any atom is -0.466 e. The third-order valence-corrected chi connectivity index (χ3v) is 13.8. The Balaban J connectivity index is 3.15. The smallest absolute Gasteiger partial charge is 0.305 e. The van der Waals surface area contributed by atoms with Crippen molar-refractivity contribution < 1.29 is 9.53 Å². The molecule has 0 aliphatic rings. The molecule has 0 aromatic rings. The quantitative estimate of drug-likeness (QED) is 0.0346. The van der Waals surface area contributed by atoms with Gasteiger partial charge in [-0.2, -0.15) is 0 Å². The molecular weight excluding hydrogens is 753 g/mol. The number of unbranched alkanes of at least 4 members (excludes halogenated alkanes) is 47. The lowest BCUT2D eigenvalue weighted by Crippen LogP contribution is -2.05. The summed E-state index contributed by atoms with van der Waals surface area (Å²) in [6.07, 6.45) is 76.9. The molecule has 0 heterocycles. The number of rotatable bonds is 55. The van der Waals surface area contributed by atoms with Crippen molar-refractivity contribution in [3.05, 3.63) is 12.2 Å². The first-order chi connectivity index (χ1) is 30.7. The van der Waals surface area contributed by atoms with Gasteiger partial charge in [-0.15, -0.1) is 0 Å². The molecule has 0 rings (SSSR count). The second-order valence-electron chi connectivity index (χ2n) is 20.8. The Kier molecular flexibility index (Phi) is 55.6. The molecule has 0 fully saturated rings. The standard InChI is InChI=1S/C60H118O2/c1-4-5-6-7-8-9-10-11-12-13-29-33-36-39-42-45-48-51-54-57-60(61)62-58-55-52-49-46-43-40-37-34-31-28-26-24-22-20-18-16-14-15-17-19-21-23-25-27-30-32-35-38-41-44-47-50-53-56-59(2)3/h11-12,59H,4-10,13-58H2,1-3H3. The molecule has 0 saturated heterocycles. The lowest BCUT2D eigenvalue weighted by Gasteiger charge is -2.06. The lowest BCUT2D eigenvalue weighted by molar-refractivity contribution is -0.143. The molecule has 0 saturated carbocycles. The highest BCUT2D eigenvalue weighted by Crippen LogP contribution is 2.18. The molecule has 2 nitrogen and oxygen atoms in total. The van der Waals surface area contributed by atoms with Crippen molar-refractivity contribution in [1.82, 2.24) is 0 Å². The van der Waals surface area contributed by atoms with Crippen LogP contribution in [0.25, 0.3) is 0 Å². The second kappa shape index (κ2) is 56.3. The maximum Gasteiger partial charge on any atom is 0.305 e. The molecule has 0 aliphatic heterocycles. The highest BCUT2D eigenvalue weighted by molar-refractivity contribution is 5.69. The fraction of sp³-hybridized carbons (Fsp3) is 0.950. The zero-order valence-corrected chi connectivity index (χ0v) is 43.5. The number of esters is 1. The van der Waals surface area contributed by atoms with Crippen molar-refractivity contribution in [3.63, 3.8) is 0 Å². The van der Waals surface area contributed by atoms with E-state index in [9.17, 15) is 4.79 Å². The maximum absolute atomic E-state index is 12.1. The fourth-order valence-corrected chi connectivity index (χ4v) is 9.44. The normalized spacial score (nSPS) is 11.8. The van der Waals surface area contributed by atoms with Crippen molar-refractivity contribution in [2.75, 3.05) is 6.61 Å². The van der Waals surface area contributed by atoms with Gasteiger partial charge < -0.3 is 4.74 Å². The summed E-state index contributed by atoms with van der Waals surface area (Å²) < 4.78 is 5.51. The summed E-state index contributed by atoms with van der Waals surface area (Å²) in [6, 6.07) is 0. The van der Waals surface area contributed by atoms with Gasteiger partial charge >= 0.3 is 5.97 Å². The highest BCUT2D eigenvalue weighted by atomic mass is 16.5. The molecule has 370 valence electrons. The molecule has 0 unspecified atom stereocenters. The predicted octanol–water partition coefficient (Wildman–Crippen LogP) is 22.0. The summed E-state index contributed by atoms with van der Waals surface area (Å²) in [5.74, 6) is 0.919. The minimum atomic E-state index is 0.0297. The number of carbonyl (C=O) groups excluding carboxylic acids is 1. The molecule has 2 heteroatoms. The van der Waals surface area contributed by atoms with Crippen molar-refractivity contribution in [2.45, 2.75) is 355 Å². The Morgan fingerprint density at radius 3 is 0.855 bits per heavy atom. The van der Waals surface area contributed by atoms with E-state index in [0.717, 1.165) is 18.8 Å². The van der Waals surface area contributed by atoms with Crippen LogP contribution in [0.1, 0.15) is 355 Å². The Labute approximate surface area is 393 Å². The van der Waals surface area contributed by atoms with E-state index in [-0.39, 0.29) is 5.97 Å². The molecule has 0 aliphatic carbocycles. The van der Waals surface area contributed by atoms with Crippen LogP contribution < -0.4 is 0 Å². The lowest BCUT2D eigenvalue weighted by atomic mass is 10.0. The SMILES string of the molecule is CCCCCCCCC=CCCCCCCCCCCCC(=O)OCCCCCCCCCCCCCCCCCCCCCCCCCCCCCCCCCCCC(C)C. The first-order valence-electron chi connectivity index (χ1n) is 29.5. The number of ether oxygens (including phenoxy) is 1. The van der Waals surface area contributed by atoms with Gasteiger partial charge in [-0.25, -0.2) is 0 Å². The molecule has 0 spiro atoms. The Hall–Kier alpha value is -0.790. The maximum atomic E-state index is 12.1. The average Bonchev–Trinajstić information content (AvgIpc) is 3.27. The van der Waals surface area contributed by atoms with Gasteiger partial charge in [-0.1, -0.05) is 322 Å². The second-order valence-corrected chi connectivity index (χ2v) is 20.8. The molecule has 0 bridgehead atoms. The summed E-state index contributed by atoms with van der Waals surface area (Å²) in [5, 5.41) is 0. The molecule has 0 radical (unpaired) electrons. The number of hydrogen-bond acceptors (Lipinski definition) is 2. The zero-order chi connectivity index (χ0) is 44.8. The summed E-state index contributed by atoms with van der Waals surface area (Å²) in [5.41, 5.74) is 0. The van der Waals surface area contributed by atoms with Gasteiger partial charge in [0.1, 0.15) is 0 Å².